The SMILES string of the molecule is O=C(Nc1ccccc1)NC1CCC[C@@H](c2c[nH]c3ccc(Cl)cc23)C1. The quantitative estimate of drug-likeness (QED) is 0.548. The molecule has 1 aromatic heterocycles. The van der Waals surface area contributed by atoms with Crippen LogP contribution in [-0.4, -0.2) is 17.1 Å². The molecule has 26 heavy (non-hydrogen) atoms. The third-order valence-corrected chi connectivity index (χ3v) is 5.39. The summed E-state index contributed by atoms with van der Waals surface area (Å²) in [6.07, 6.45) is 6.30. The predicted molar refractivity (Wildman–Crippen MR) is 107 cm³/mol. The maximum absolute atomic E-state index is 12.3. The summed E-state index contributed by atoms with van der Waals surface area (Å²) in [5.41, 5.74) is 3.22. The number of para-hydroxylation sites is 1. The molecular formula is C21H22ClN3O. The molecule has 2 aromatic carbocycles. The third-order valence-electron chi connectivity index (χ3n) is 5.16. The van der Waals surface area contributed by atoms with Crippen LogP contribution in [0, 0.1) is 0 Å². The molecule has 0 saturated heterocycles. The number of urea groups is 1. The molecule has 0 spiro atoms. The van der Waals surface area contributed by atoms with Crippen molar-refractivity contribution in [3.05, 3.63) is 65.3 Å². The van der Waals surface area contributed by atoms with Gasteiger partial charge in [-0.05, 0) is 61.1 Å². The molecule has 0 bridgehead atoms. The van der Waals surface area contributed by atoms with Crippen molar-refractivity contribution in [2.45, 2.75) is 37.6 Å². The lowest BCUT2D eigenvalue weighted by molar-refractivity contribution is 0.242. The highest BCUT2D eigenvalue weighted by Gasteiger charge is 2.26. The molecule has 1 aliphatic carbocycles. The van der Waals surface area contributed by atoms with E-state index in [2.05, 4.69) is 21.8 Å². The molecular weight excluding hydrogens is 346 g/mol. The molecule has 3 aromatic rings. The van der Waals surface area contributed by atoms with E-state index in [0.29, 0.717) is 5.92 Å². The first-order valence-corrected chi connectivity index (χ1v) is 9.46. The predicted octanol–water partition coefficient (Wildman–Crippen LogP) is 5.67. The second kappa shape index (κ2) is 7.42. The molecule has 1 aliphatic rings. The van der Waals surface area contributed by atoms with Gasteiger partial charge in [0.2, 0.25) is 0 Å². The Bertz CT molecular complexity index is 906. The van der Waals surface area contributed by atoms with E-state index in [1.807, 2.05) is 48.5 Å². The van der Waals surface area contributed by atoms with E-state index in [9.17, 15) is 4.79 Å². The second-order valence-corrected chi connectivity index (χ2v) is 7.40. The van der Waals surface area contributed by atoms with Crippen LogP contribution in [0.25, 0.3) is 10.9 Å². The number of aromatic nitrogens is 1. The topological polar surface area (TPSA) is 56.9 Å². The highest BCUT2D eigenvalue weighted by molar-refractivity contribution is 6.31. The Morgan fingerprint density at radius 3 is 2.81 bits per heavy atom. The van der Waals surface area contributed by atoms with E-state index in [0.717, 1.165) is 41.9 Å². The molecule has 2 atom stereocenters. The Labute approximate surface area is 157 Å². The maximum atomic E-state index is 12.3. The summed E-state index contributed by atoms with van der Waals surface area (Å²) in [7, 11) is 0. The van der Waals surface area contributed by atoms with Crippen LogP contribution in [0.3, 0.4) is 0 Å². The number of nitrogens with one attached hydrogen (secondary N) is 3. The zero-order valence-electron chi connectivity index (χ0n) is 14.5. The van der Waals surface area contributed by atoms with Crippen LogP contribution in [0.5, 0.6) is 0 Å². The minimum absolute atomic E-state index is 0.135. The average molecular weight is 368 g/mol. The molecule has 1 unspecified atom stereocenters. The highest BCUT2D eigenvalue weighted by Crippen LogP contribution is 2.37. The number of amides is 2. The fourth-order valence-corrected chi connectivity index (χ4v) is 4.10. The summed E-state index contributed by atoms with van der Waals surface area (Å²) in [5.74, 6) is 0.429. The summed E-state index contributed by atoms with van der Waals surface area (Å²) in [4.78, 5) is 15.6. The highest BCUT2D eigenvalue weighted by atomic mass is 35.5. The number of benzene rings is 2. The van der Waals surface area contributed by atoms with Crippen LogP contribution >= 0.6 is 11.6 Å². The molecule has 2 amide bonds. The van der Waals surface area contributed by atoms with Crippen molar-refractivity contribution in [3.63, 3.8) is 0 Å². The van der Waals surface area contributed by atoms with Gasteiger partial charge < -0.3 is 15.6 Å². The lowest BCUT2D eigenvalue weighted by Crippen LogP contribution is -2.40. The molecule has 3 N–H and O–H groups in total. The van der Waals surface area contributed by atoms with Gasteiger partial charge in [-0.1, -0.05) is 36.2 Å². The molecule has 5 heteroatoms. The fraction of sp³-hybridized carbons (Fsp3) is 0.286. The summed E-state index contributed by atoms with van der Waals surface area (Å²) in [6.45, 7) is 0. The number of hydrogen-bond acceptors (Lipinski definition) is 1. The molecule has 0 radical (unpaired) electrons. The monoisotopic (exact) mass is 367 g/mol. The van der Waals surface area contributed by atoms with Gasteiger partial charge in [0.25, 0.3) is 0 Å². The molecule has 1 heterocycles. The van der Waals surface area contributed by atoms with Crippen molar-refractivity contribution < 1.29 is 4.79 Å². The van der Waals surface area contributed by atoms with E-state index in [1.54, 1.807) is 0 Å². The molecule has 4 rings (SSSR count). The van der Waals surface area contributed by atoms with Crippen LogP contribution in [0.4, 0.5) is 10.5 Å². The number of aromatic amines is 1. The lowest BCUT2D eigenvalue weighted by Gasteiger charge is -2.29. The number of carbonyl (C=O) groups excluding carboxylic acids is 1. The van der Waals surface area contributed by atoms with Crippen molar-refractivity contribution in [2.75, 3.05) is 5.32 Å². The van der Waals surface area contributed by atoms with E-state index in [1.165, 1.54) is 10.9 Å². The third kappa shape index (κ3) is 3.70. The smallest absolute Gasteiger partial charge is 0.319 e. The number of H-pyrrole nitrogens is 1. The Morgan fingerprint density at radius 2 is 1.96 bits per heavy atom. The Hall–Kier alpha value is -2.46. The zero-order chi connectivity index (χ0) is 17.9. The number of halogens is 1. The standard InChI is InChI=1S/C21H22ClN3O/c22-15-9-10-20-18(12-15)19(13-23-20)14-5-4-8-17(11-14)25-21(26)24-16-6-2-1-3-7-16/h1-3,6-7,9-10,12-14,17,23H,4-5,8,11H2,(H2,24,25,26)/t14-,17?/m1/s1. The normalized spacial score (nSPS) is 20.0. The molecule has 4 nitrogen and oxygen atoms in total. The fourth-order valence-electron chi connectivity index (χ4n) is 3.93. The molecule has 1 fully saturated rings. The van der Waals surface area contributed by atoms with E-state index >= 15 is 0 Å². The van der Waals surface area contributed by atoms with Crippen molar-refractivity contribution >= 4 is 34.2 Å². The first-order chi connectivity index (χ1) is 12.7. The average Bonchev–Trinajstić information content (AvgIpc) is 3.05. The van der Waals surface area contributed by atoms with Crippen LogP contribution in [0.15, 0.2) is 54.7 Å². The van der Waals surface area contributed by atoms with Crippen molar-refractivity contribution in [1.82, 2.24) is 10.3 Å². The van der Waals surface area contributed by atoms with Gasteiger partial charge in [-0.15, -0.1) is 0 Å². The van der Waals surface area contributed by atoms with E-state index < -0.39 is 0 Å². The van der Waals surface area contributed by atoms with Gasteiger partial charge in [-0.25, -0.2) is 4.79 Å². The van der Waals surface area contributed by atoms with Gasteiger partial charge >= 0.3 is 6.03 Å². The Kier molecular flexibility index (Phi) is 4.85. The van der Waals surface area contributed by atoms with E-state index in [4.69, 9.17) is 11.6 Å². The Balaban J connectivity index is 1.44. The van der Waals surface area contributed by atoms with Gasteiger partial charge in [0.15, 0.2) is 0 Å². The van der Waals surface area contributed by atoms with Crippen molar-refractivity contribution in [2.24, 2.45) is 0 Å². The lowest BCUT2D eigenvalue weighted by atomic mass is 9.81. The zero-order valence-corrected chi connectivity index (χ0v) is 15.2. The van der Waals surface area contributed by atoms with Crippen LogP contribution in [0.2, 0.25) is 5.02 Å². The van der Waals surface area contributed by atoms with Gasteiger partial charge in [-0.2, -0.15) is 0 Å². The molecule has 0 aliphatic heterocycles. The number of fused-ring (bicyclic) bond motifs is 1. The minimum Gasteiger partial charge on any atom is -0.361 e. The summed E-state index contributed by atoms with van der Waals surface area (Å²) >= 11 is 6.18. The largest absolute Gasteiger partial charge is 0.361 e. The summed E-state index contributed by atoms with van der Waals surface area (Å²) < 4.78 is 0. The van der Waals surface area contributed by atoms with E-state index in [-0.39, 0.29) is 12.1 Å². The van der Waals surface area contributed by atoms with Crippen molar-refractivity contribution in [3.8, 4) is 0 Å². The molecule has 1 saturated carbocycles. The van der Waals surface area contributed by atoms with Crippen molar-refractivity contribution in [1.29, 1.82) is 0 Å². The number of carbonyl (C=O) groups is 1. The van der Waals surface area contributed by atoms with Gasteiger partial charge in [0, 0.05) is 33.9 Å². The van der Waals surface area contributed by atoms with Gasteiger partial charge in [-0.3, -0.25) is 0 Å². The molecule has 134 valence electrons. The first-order valence-electron chi connectivity index (χ1n) is 9.08. The van der Waals surface area contributed by atoms with Crippen LogP contribution in [0.1, 0.15) is 37.2 Å². The van der Waals surface area contributed by atoms with Gasteiger partial charge in [0.05, 0.1) is 0 Å². The maximum Gasteiger partial charge on any atom is 0.319 e. The summed E-state index contributed by atoms with van der Waals surface area (Å²) in [6, 6.07) is 15.5. The Morgan fingerprint density at radius 1 is 1.12 bits per heavy atom. The van der Waals surface area contributed by atoms with Crippen LogP contribution < -0.4 is 10.6 Å². The number of rotatable bonds is 3. The number of anilines is 1. The minimum atomic E-state index is -0.135. The second-order valence-electron chi connectivity index (χ2n) is 6.96. The first kappa shape index (κ1) is 17.0. The summed E-state index contributed by atoms with van der Waals surface area (Å²) in [5, 5.41) is 7.98. The number of hydrogen-bond donors (Lipinski definition) is 3. The van der Waals surface area contributed by atoms with Gasteiger partial charge in [0.1, 0.15) is 0 Å². The van der Waals surface area contributed by atoms with Crippen LogP contribution in [-0.2, 0) is 0 Å².